The number of carbonyl (C=O) groups is 3. The Bertz CT molecular complexity index is 1130. The molecule has 0 spiro atoms. The van der Waals surface area contributed by atoms with E-state index < -0.39 is 17.6 Å². The number of aromatic amines is 1. The molecule has 0 bridgehead atoms. The summed E-state index contributed by atoms with van der Waals surface area (Å²) in [7, 11) is 0. The average Bonchev–Trinajstić information content (AvgIpc) is 3.14. The second kappa shape index (κ2) is 7.91. The summed E-state index contributed by atoms with van der Waals surface area (Å²) in [4.78, 5) is 43.0. The molecule has 1 unspecified atom stereocenters. The van der Waals surface area contributed by atoms with Crippen molar-refractivity contribution in [3.05, 3.63) is 65.9 Å². The van der Waals surface area contributed by atoms with E-state index in [9.17, 15) is 14.4 Å². The van der Waals surface area contributed by atoms with Gasteiger partial charge in [-0.05, 0) is 44.5 Å². The molecule has 1 atom stereocenters. The summed E-state index contributed by atoms with van der Waals surface area (Å²) >= 11 is 0. The maximum atomic E-state index is 13.2. The first-order valence-corrected chi connectivity index (χ1v) is 10.2. The van der Waals surface area contributed by atoms with Gasteiger partial charge in [0.15, 0.2) is 0 Å². The van der Waals surface area contributed by atoms with Crippen LogP contribution in [-0.4, -0.2) is 41.0 Å². The molecule has 2 aromatic carbocycles. The van der Waals surface area contributed by atoms with Crippen molar-refractivity contribution in [3.63, 3.8) is 0 Å². The molecule has 0 saturated heterocycles. The molecule has 4 rings (SSSR count). The number of benzene rings is 2. The van der Waals surface area contributed by atoms with Crippen molar-refractivity contribution >= 4 is 34.4 Å². The van der Waals surface area contributed by atoms with E-state index in [2.05, 4.69) is 10.3 Å². The number of hydrogen-bond acceptors (Lipinski definition) is 4. The number of nitrogens with zero attached hydrogens (tertiary/aromatic N) is 1. The molecular formula is C24H25N3O4. The van der Waals surface area contributed by atoms with Crippen molar-refractivity contribution in [1.82, 2.24) is 10.3 Å². The zero-order valence-electron chi connectivity index (χ0n) is 17.8. The van der Waals surface area contributed by atoms with Crippen LogP contribution in [0.3, 0.4) is 0 Å². The summed E-state index contributed by atoms with van der Waals surface area (Å²) in [6, 6.07) is 15.9. The number of nitrogens with one attached hydrogen (secondary N) is 2. The van der Waals surface area contributed by atoms with Crippen LogP contribution in [0.25, 0.3) is 10.9 Å². The Labute approximate surface area is 180 Å². The highest BCUT2D eigenvalue weighted by atomic mass is 16.6. The molecule has 0 aliphatic carbocycles. The topological polar surface area (TPSA) is 91.5 Å². The number of hydrogen-bond donors (Lipinski definition) is 2. The molecule has 0 saturated carbocycles. The number of rotatable bonds is 4. The zero-order chi connectivity index (χ0) is 22.2. The van der Waals surface area contributed by atoms with Gasteiger partial charge in [-0.3, -0.25) is 19.3 Å². The molecule has 0 fully saturated rings. The van der Waals surface area contributed by atoms with E-state index in [4.69, 9.17) is 4.74 Å². The van der Waals surface area contributed by atoms with Crippen molar-refractivity contribution in [2.45, 2.75) is 38.8 Å². The Balaban J connectivity index is 1.56. The van der Waals surface area contributed by atoms with Gasteiger partial charge in [0.2, 0.25) is 5.91 Å². The van der Waals surface area contributed by atoms with Crippen molar-refractivity contribution in [2.24, 2.45) is 0 Å². The average molecular weight is 419 g/mol. The van der Waals surface area contributed by atoms with Crippen molar-refractivity contribution < 1.29 is 19.1 Å². The molecule has 1 aliphatic rings. The van der Waals surface area contributed by atoms with Gasteiger partial charge >= 0.3 is 5.97 Å². The fourth-order valence-electron chi connectivity index (χ4n) is 3.77. The molecule has 1 aliphatic heterocycles. The fourth-order valence-corrected chi connectivity index (χ4v) is 3.77. The summed E-state index contributed by atoms with van der Waals surface area (Å²) in [6.45, 7) is 5.12. The first-order chi connectivity index (χ1) is 14.7. The lowest BCUT2D eigenvalue weighted by Gasteiger charge is -2.34. The number of esters is 1. The molecule has 7 nitrogen and oxygen atoms in total. The van der Waals surface area contributed by atoms with Gasteiger partial charge in [0.1, 0.15) is 23.9 Å². The third kappa shape index (κ3) is 4.45. The number of H-pyrrole nitrogens is 1. The van der Waals surface area contributed by atoms with Crippen LogP contribution in [-0.2, 0) is 20.7 Å². The monoisotopic (exact) mass is 419 g/mol. The molecule has 2 heterocycles. The van der Waals surface area contributed by atoms with E-state index in [1.165, 1.54) is 4.90 Å². The van der Waals surface area contributed by atoms with E-state index >= 15 is 0 Å². The normalized spacial score (nSPS) is 16.2. The van der Waals surface area contributed by atoms with E-state index in [0.29, 0.717) is 17.8 Å². The lowest BCUT2D eigenvalue weighted by atomic mass is 9.97. The summed E-state index contributed by atoms with van der Waals surface area (Å²) in [6.07, 6.45) is 0.353. The summed E-state index contributed by atoms with van der Waals surface area (Å²) in [5, 5.41) is 3.74. The van der Waals surface area contributed by atoms with Gasteiger partial charge < -0.3 is 15.0 Å². The predicted octanol–water partition coefficient (Wildman–Crippen LogP) is 3.20. The van der Waals surface area contributed by atoms with Crippen molar-refractivity contribution in [1.29, 1.82) is 0 Å². The van der Waals surface area contributed by atoms with E-state index in [1.807, 2.05) is 42.5 Å². The Morgan fingerprint density at radius 2 is 1.84 bits per heavy atom. The van der Waals surface area contributed by atoms with Crippen LogP contribution in [0.15, 0.2) is 54.6 Å². The van der Waals surface area contributed by atoms with Gasteiger partial charge in [-0.2, -0.15) is 0 Å². The van der Waals surface area contributed by atoms with Gasteiger partial charge in [0.25, 0.3) is 5.91 Å². The first-order valence-electron chi connectivity index (χ1n) is 10.2. The number of amides is 2. The van der Waals surface area contributed by atoms with Gasteiger partial charge in [-0.1, -0.05) is 36.4 Å². The quantitative estimate of drug-likeness (QED) is 0.636. The molecule has 2 N–H and O–H groups in total. The maximum Gasteiger partial charge on any atom is 0.326 e. The minimum Gasteiger partial charge on any atom is -0.459 e. The van der Waals surface area contributed by atoms with E-state index in [1.54, 1.807) is 32.9 Å². The van der Waals surface area contributed by atoms with E-state index in [0.717, 1.165) is 16.5 Å². The number of ether oxygens (including phenoxy) is 1. The second-order valence-electron chi connectivity index (χ2n) is 8.64. The molecule has 0 radical (unpaired) electrons. The van der Waals surface area contributed by atoms with Crippen LogP contribution in [0.1, 0.15) is 36.8 Å². The van der Waals surface area contributed by atoms with Gasteiger partial charge in [0, 0.05) is 23.0 Å². The van der Waals surface area contributed by atoms with Crippen LogP contribution in [0.5, 0.6) is 0 Å². The highest BCUT2D eigenvalue weighted by Gasteiger charge is 2.35. The molecule has 31 heavy (non-hydrogen) atoms. The van der Waals surface area contributed by atoms with Gasteiger partial charge in [-0.15, -0.1) is 0 Å². The molecule has 2 amide bonds. The van der Waals surface area contributed by atoms with Gasteiger partial charge in [-0.25, -0.2) is 0 Å². The van der Waals surface area contributed by atoms with Crippen molar-refractivity contribution in [3.8, 4) is 0 Å². The summed E-state index contributed by atoms with van der Waals surface area (Å²) in [5.74, 6) is -1.21. The van der Waals surface area contributed by atoms with Crippen LogP contribution in [0.2, 0.25) is 0 Å². The Hall–Kier alpha value is -3.61. The Kier molecular flexibility index (Phi) is 5.27. The number of para-hydroxylation sites is 2. The SMILES string of the molecule is CC(C)(C)OC(=O)CN1C(=O)C(NC(=O)c2cc3ccccc3[nH]2)Cc2ccccc21. The lowest BCUT2D eigenvalue weighted by molar-refractivity contribution is -0.153. The minimum atomic E-state index is -0.781. The Morgan fingerprint density at radius 1 is 1.13 bits per heavy atom. The summed E-state index contributed by atoms with van der Waals surface area (Å²) in [5.41, 5.74) is 2.12. The van der Waals surface area contributed by atoms with Crippen LogP contribution in [0.4, 0.5) is 5.69 Å². The smallest absolute Gasteiger partial charge is 0.326 e. The second-order valence-corrected chi connectivity index (χ2v) is 8.64. The van der Waals surface area contributed by atoms with Crippen LogP contribution >= 0.6 is 0 Å². The zero-order valence-corrected chi connectivity index (χ0v) is 17.8. The van der Waals surface area contributed by atoms with Crippen molar-refractivity contribution in [2.75, 3.05) is 11.4 Å². The first kappa shape index (κ1) is 20.7. The molecule has 3 aromatic rings. The number of carbonyl (C=O) groups excluding carboxylic acids is 3. The standard InChI is InChI=1S/C24H25N3O4/c1-24(2,3)31-21(28)14-27-20-11-7-5-9-16(20)13-19(23(27)30)26-22(29)18-12-15-8-4-6-10-17(15)25-18/h4-12,19,25H,13-14H2,1-3H3,(H,26,29). The third-order valence-electron chi connectivity index (χ3n) is 5.06. The maximum absolute atomic E-state index is 13.2. The van der Waals surface area contributed by atoms with Gasteiger partial charge in [0.05, 0.1) is 0 Å². The number of fused-ring (bicyclic) bond motifs is 2. The predicted molar refractivity (Wildman–Crippen MR) is 118 cm³/mol. The Morgan fingerprint density at radius 3 is 2.58 bits per heavy atom. The highest BCUT2D eigenvalue weighted by Crippen LogP contribution is 2.28. The van der Waals surface area contributed by atoms with Crippen LogP contribution in [0, 0.1) is 0 Å². The largest absolute Gasteiger partial charge is 0.459 e. The molecular weight excluding hydrogens is 394 g/mol. The molecule has 7 heteroatoms. The van der Waals surface area contributed by atoms with E-state index in [-0.39, 0.29) is 18.4 Å². The number of aromatic nitrogens is 1. The van der Waals surface area contributed by atoms with Crippen LogP contribution < -0.4 is 10.2 Å². The fraction of sp³-hybridized carbons (Fsp3) is 0.292. The highest BCUT2D eigenvalue weighted by molar-refractivity contribution is 6.06. The summed E-state index contributed by atoms with van der Waals surface area (Å²) < 4.78 is 5.40. The third-order valence-corrected chi connectivity index (χ3v) is 5.06. The molecule has 1 aromatic heterocycles. The number of anilines is 1. The molecule has 160 valence electrons. The minimum absolute atomic E-state index is 0.216. The lowest BCUT2D eigenvalue weighted by Crippen LogP contribution is -2.54.